The lowest BCUT2D eigenvalue weighted by molar-refractivity contribution is 0.0897. The summed E-state index contributed by atoms with van der Waals surface area (Å²) in [6.07, 6.45) is 4.67. The molecule has 1 fully saturated rings. The van der Waals surface area contributed by atoms with Gasteiger partial charge in [0.2, 0.25) is 0 Å². The summed E-state index contributed by atoms with van der Waals surface area (Å²) in [4.78, 5) is 0. The maximum absolute atomic E-state index is 10.1. The Balaban J connectivity index is 2.24. The largest absolute Gasteiger partial charge is 0.497 e. The van der Waals surface area contributed by atoms with Crippen LogP contribution in [0.4, 0.5) is 5.69 Å². The van der Waals surface area contributed by atoms with Gasteiger partial charge in [0.05, 0.1) is 19.3 Å². The molecule has 0 bridgehead atoms. The molecule has 1 aromatic rings. The highest BCUT2D eigenvalue weighted by molar-refractivity contribution is 5.50. The minimum absolute atomic E-state index is 0.188. The molecule has 1 aliphatic carbocycles. The average molecular weight is 277 g/mol. The maximum Gasteiger partial charge on any atom is 0.120 e. The summed E-state index contributed by atoms with van der Waals surface area (Å²) in [5.41, 5.74) is 0.838. The molecule has 0 spiro atoms. The zero-order valence-electron chi connectivity index (χ0n) is 12.9. The van der Waals surface area contributed by atoms with Crippen LogP contribution in [0, 0.1) is 11.8 Å². The SMILES string of the molecule is COc1cccc(NC2(CO)CCCCC2C(C)C)c1. The van der Waals surface area contributed by atoms with E-state index in [2.05, 4.69) is 19.2 Å². The van der Waals surface area contributed by atoms with Gasteiger partial charge in [-0.2, -0.15) is 0 Å². The Hall–Kier alpha value is -1.22. The first-order valence-corrected chi connectivity index (χ1v) is 7.64. The lowest BCUT2D eigenvalue weighted by atomic mass is 9.68. The first-order chi connectivity index (χ1) is 9.61. The number of rotatable bonds is 5. The smallest absolute Gasteiger partial charge is 0.120 e. The summed E-state index contributed by atoms with van der Waals surface area (Å²) in [7, 11) is 1.68. The molecule has 0 aliphatic heterocycles. The molecule has 0 radical (unpaired) electrons. The summed E-state index contributed by atoms with van der Waals surface area (Å²) in [6, 6.07) is 7.98. The summed E-state index contributed by atoms with van der Waals surface area (Å²) in [5, 5.41) is 13.7. The molecule has 2 atom stereocenters. The molecule has 1 aromatic carbocycles. The van der Waals surface area contributed by atoms with Crippen LogP contribution in [0.15, 0.2) is 24.3 Å². The minimum Gasteiger partial charge on any atom is -0.497 e. The van der Waals surface area contributed by atoms with Crippen LogP contribution in [-0.2, 0) is 0 Å². The molecule has 3 heteroatoms. The zero-order valence-corrected chi connectivity index (χ0v) is 12.9. The van der Waals surface area contributed by atoms with Crippen molar-refractivity contribution < 1.29 is 9.84 Å². The van der Waals surface area contributed by atoms with Crippen molar-refractivity contribution in [3.63, 3.8) is 0 Å². The van der Waals surface area contributed by atoms with Gasteiger partial charge in [0, 0.05) is 11.8 Å². The predicted octanol–water partition coefficient (Wildman–Crippen LogP) is 3.68. The van der Waals surface area contributed by atoms with Gasteiger partial charge < -0.3 is 15.2 Å². The maximum atomic E-state index is 10.1. The molecule has 20 heavy (non-hydrogen) atoms. The Morgan fingerprint density at radius 1 is 1.40 bits per heavy atom. The van der Waals surface area contributed by atoms with Gasteiger partial charge in [0.15, 0.2) is 0 Å². The van der Waals surface area contributed by atoms with E-state index in [1.165, 1.54) is 19.3 Å². The molecule has 2 rings (SSSR count). The predicted molar refractivity (Wildman–Crippen MR) is 83.2 cm³/mol. The molecule has 0 amide bonds. The monoisotopic (exact) mass is 277 g/mol. The third-order valence-corrected chi connectivity index (χ3v) is 4.65. The van der Waals surface area contributed by atoms with Gasteiger partial charge in [-0.15, -0.1) is 0 Å². The van der Waals surface area contributed by atoms with E-state index in [1.807, 2.05) is 24.3 Å². The van der Waals surface area contributed by atoms with Crippen molar-refractivity contribution in [1.29, 1.82) is 0 Å². The number of nitrogens with one attached hydrogen (secondary N) is 1. The molecule has 0 aromatic heterocycles. The first kappa shape index (κ1) is 15.2. The standard InChI is InChI=1S/C17H27NO2/c1-13(2)16-9-4-5-10-17(16,12-19)18-14-7-6-8-15(11-14)20-3/h6-8,11,13,16,18-19H,4-5,9-10,12H2,1-3H3. The van der Waals surface area contributed by atoms with Crippen molar-refractivity contribution in [2.75, 3.05) is 19.0 Å². The number of ether oxygens (including phenoxy) is 1. The molecule has 0 heterocycles. The zero-order chi connectivity index (χ0) is 14.6. The van der Waals surface area contributed by atoms with Crippen LogP contribution in [0.1, 0.15) is 39.5 Å². The van der Waals surface area contributed by atoms with Crippen molar-refractivity contribution in [2.24, 2.45) is 11.8 Å². The Morgan fingerprint density at radius 2 is 2.20 bits per heavy atom. The Morgan fingerprint density at radius 3 is 2.85 bits per heavy atom. The van der Waals surface area contributed by atoms with E-state index in [0.29, 0.717) is 11.8 Å². The van der Waals surface area contributed by atoms with E-state index in [9.17, 15) is 5.11 Å². The molecule has 1 aliphatic rings. The molecule has 0 saturated heterocycles. The van der Waals surface area contributed by atoms with E-state index >= 15 is 0 Å². The second-order valence-corrected chi connectivity index (χ2v) is 6.27. The van der Waals surface area contributed by atoms with Crippen molar-refractivity contribution in [3.8, 4) is 5.75 Å². The van der Waals surface area contributed by atoms with Crippen molar-refractivity contribution in [2.45, 2.75) is 45.1 Å². The van der Waals surface area contributed by atoms with Crippen LogP contribution in [0.3, 0.4) is 0 Å². The number of methoxy groups -OCH3 is 1. The number of aliphatic hydroxyl groups excluding tert-OH is 1. The van der Waals surface area contributed by atoms with Crippen molar-refractivity contribution >= 4 is 5.69 Å². The number of anilines is 1. The summed E-state index contributed by atoms with van der Waals surface area (Å²) >= 11 is 0. The van der Waals surface area contributed by atoms with E-state index in [-0.39, 0.29) is 12.1 Å². The molecular formula is C17H27NO2. The van der Waals surface area contributed by atoms with E-state index in [1.54, 1.807) is 7.11 Å². The fraction of sp³-hybridized carbons (Fsp3) is 0.647. The fourth-order valence-corrected chi connectivity index (χ4v) is 3.62. The van der Waals surface area contributed by atoms with Crippen LogP contribution in [0.2, 0.25) is 0 Å². The second-order valence-electron chi connectivity index (χ2n) is 6.27. The number of benzene rings is 1. The normalized spacial score (nSPS) is 26.6. The summed E-state index contributed by atoms with van der Waals surface area (Å²) < 4.78 is 5.28. The van der Waals surface area contributed by atoms with Crippen LogP contribution >= 0.6 is 0 Å². The van der Waals surface area contributed by atoms with Gasteiger partial charge >= 0.3 is 0 Å². The Labute approximate surface area is 122 Å². The topological polar surface area (TPSA) is 41.5 Å². The minimum atomic E-state index is -0.196. The van der Waals surface area contributed by atoms with Crippen LogP contribution in [0.25, 0.3) is 0 Å². The number of hydrogen-bond donors (Lipinski definition) is 2. The molecular weight excluding hydrogens is 250 g/mol. The highest BCUT2D eigenvalue weighted by Crippen LogP contribution is 2.40. The van der Waals surface area contributed by atoms with Gasteiger partial charge in [-0.25, -0.2) is 0 Å². The van der Waals surface area contributed by atoms with Gasteiger partial charge in [-0.05, 0) is 36.8 Å². The molecule has 2 N–H and O–H groups in total. The highest BCUT2D eigenvalue weighted by atomic mass is 16.5. The molecule has 3 nitrogen and oxygen atoms in total. The van der Waals surface area contributed by atoms with E-state index in [4.69, 9.17) is 4.74 Å². The lowest BCUT2D eigenvalue weighted by Gasteiger charge is -2.46. The number of aliphatic hydroxyl groups is 1. The number of hydrogen-bond acceptors (Lipinski definition) is 3. The quantitative estimate of drug-likeness (QED) is 0.862. The lowest BCUT2D eigenvalue weighted by Crippen LogP contribution is -2.52. The van der Waals surface area contributed by atoms with Crippen molar-refractivity contribution in [1.82, 2.24) is 0 Å². The van der Waals surface area contributed by atoms with Crippen LogP contribution in [-0.4, -0.2) is 24.4 Å². The first-order valence-electron chi connectivity index (χ1n) is 7.64. The van der Waals surface area contributed by atoms with E-state index in [0.717, 1.165) is 17.9 Å². The summed E-state index contributed by atoms with van der Waals surface area (Å²) in [5.74, 6) is 1.92. The van der Waals surface area contributed by atoms with Crippen molar-refractivity contribution in [3.05, 3.63) is 24.3 Å². The summed E-state index contributed by atoms with van der Waals surface area (Å²) in [6.45, 7) is 4.70. The van der Waals surface area contributed by atoms with Gasteiger partial charge in [0.25, 0.3) is 0 Å². The van der Waals surface area contributed by atoms with E-state index < -0.39 is 0 Å². The Kier molecular flexibility index (Phi) is 4.92. The van der Waals surface area contributed by atoms with Crippen LogP contribution < -0.4 is 10.1 Å². The second kappa shape index (κ2) is 6.49. The molecule has 2 unspecified atom stereocenters. The average Bonchev–Trinajstić information content (AvgIpc) is 2.47. The fourth-order valence-electron chi connectivity index (χ4n) is 3.62. The van der Waals surface area contributed by atoms with Gasteiger partial charge in [0.1, 0.15) is 5.75 Å². The molecule has 112 valence electrons. The third-order valence-electron chi connectivity index (χ3n) is 4.65. The molecule has 1 saturated carbocycles. The van der Waals surface area contributed by atoms with Crippen LogP contribution in [0.5, 0.6) is 5.75 Å². The van der Waals surface area contributed by atoms with Gasteiger partial charge in [-0.1, -0.05) is 32.8 Å². The third kappa shape index (κ3) is 3.09. The van der Waals surface area contributed by atoms with Gasteiger partial charge in [-0.3, -0.25) is 0 Å². The Bertz CT molecular complexity index is 433. The highest BCUT2D eigenvalue weighted by Gasteiger charge is 2.41.